The molecule has 0 saturated carbocycles. The fourth-order valence-electron chi connectivity index (χ4n) is 2.45. The Balaban J connectivity index is 1.60. The normalized spacial score (nSPS) is 10.6. The smallest absolute Gasteiger partial charge is 0.264 e. The van der Waals surface area contributed by atoms with Crippen molar-refractivity contribution in [3.05, 3.63) is 64.0 Å². The Labute approximate surface area is 161 Å². The molecule has 2 aromatic carbocycles. The first-order chi connectivity index (χ1) is 12.5. The van der Waals surface area contributed by atoms with Crippen LogP contribution < -0.4 is 10.1 Å². The van der Waals surface area contributed by atoms with E-state index in [1.807, 2.05) is 55.5 Å². The van der Waals surface area contributed by atoms with Crippen LogP contribution in [0.25, 0.3) is 11.3 Å². The molecule has 1 aromatic heterocycles. The minimum Gasteiger partial charge on any atom is -0.484 e. The van der Waals surface area contributed by atoms with Gasteiger partial charge in [0.25, 0.3) is 5.91 Å². The molecule has 0 fully saturated rings. The molecule has 3 aromatic rings. The Bertz CT molecular complexity index is 889. The van der Waals surface area contributed by atoms with Crippen LogP contribution in [0, 0.1) is 6.92 Å². The Morgan fingerprint density at radius 1 is 1.15 bits per heavy atom. The molecule has 0 bridgehead atoms. The maximum atomic E-state index is 12.1. The van der Waals surface area contributed by atoms with Crippen LogP contribution in [0.1, 0.15) is 17.4 Å². The van der Waals surface area contributed by atoms with Gasteiger partial charge in [-0.3, -0.25) is 10.1 Å². The third-order valence-corrected chi connectivity index (χ3v) is 5.00. The Kier molecular flexibility index (Phi) is 5.91. The molecule has 0 spiro atoms. The van der Waals surface area contributed by atoms with Gasteiger partial charge in [-0.2, -0.15) is 0 Å². The van der Waals surface area contributed by atoms with E-state index in [-0.39, 0.29) is 12.5 Å². The maximum Gasteiger partial charge on any atom is 0.264 e. The molecule has 134 valence electrons. The second-order valence-corrected chi connectivity index (χ2v) is 7.40. The van der Waals surface area contributed by atoms with Crippen LogP contribution in [0.5, 0.6) is 5.75 Å². The topological polar surface area (TPSA) is 51.2 Å². The Hall–Kier alpha value is -2.37. The predicted octanol–water partition coefficient (Wildman–Crippen LogP) is 5.35. The molecule has 0 aliphatic heterocycles. The van der Waals surface area contributed by atoms with Gasteiger partial charge in [-0.15, -0.1) is 11.3 Å². The number of carbonyl (C=O) groups is 1. The van der Waals surface area contributed by atoms with E-state index in [1.54, 1.807) is 0 Å². The lowest BCUT2D eigenvalue weighted by Crippen LogP contribution is -2.20. The molecule has 0 aliphatic carbocycles. The van der Waals surface area contributed by atoms with Crippen LogP contribution in [0.3, 0.4) is 0 Å². The number of carbonyl (C=O) groups excluding carboxylic acids is 1. The number of nitrogens with zero attached hydrogens (tertiary/aromatic N) is 1. The summed E-state index contributed by atoms with van der Waals surface area (Å²) in [6.07, 6.45) is 0.972. The Morgan fingerprint density at radius 2 is 1.85 bits per heavy atom. The summed E-state index contributed by atoms with van der Waals surface area (Å²) in [5, 5.41) is 4.03. The van der Waals surface area contributed by atoms with Gasteiger partial charge in [0.05, 0.1) is 5.69 Å². The molecule has 4 nitrogen and oxygen atoms in total. The van der Waals surface area contributed by atoms with Crippen molar-refractivity contribution in [3.63, 3.8) is 0 Å². The van der Waals surface area contributed by atoms with Crippen molar-refractivity contribution in [2.24, 2.45) is 0 Å². The molecule has 1 amide bonds. The highest BCUT2D eigenvalue weighted by Gasteiger charge is 2.12. The van der Waals surface area contributed by atoms with Gasteiger partial charge in [0.15, 0.2) is 11.7 Å². The van der Waals surface area contributed by atoms with Crippen LogP contribution in [-0.2, 0) is 11.2 Å². The summed E-state index contributed by atoms with van der Waals surface area (Å²) in [5.74, 6) is 0.440. The van der Waals surface area contributed by atoms with E-state index >= 15 is 0 Å². The molecule has 26 heavy (non-hydrogen) atoms. The highest BCUT2D eigenvalue weighted by molar-refractivity contribution is 7.16. The summed E-state index contributed by atoms with van der Waals surface area (Å²) in [6.45, 7) is 4.01. The minimum atomic E-state index is -0.235. The van der Waals surface area contributed by atoms with Gasteiger partial charge in [-0.25, -0.2) is 4.98 Å². The van der Waals surface area contributed by atoms with Crippen LogP contribution >= 0.6 is 22.9 Å². The number of aryl methyl sites for hydroxylation is 2. The Morgan fingerprint density at radius 3 is 2.50 bits per heavy atom. The number of thiazole rings is 1. The number of hydrogen-bond donors (Lipinski definition) is 1. The third kappa shape index (κ3) is 4.62. The summed E-state index contributed by atoms with van der Waals surface area (Å²) in [7, 11) is 0. The predicted molar refractivity (Wildman–Crippen MR) is 107 cm³/mol. The highest BCUT2D eigenvalue weighted by Crippen LogP contribution is 2.31. The van der Waals surface area contributed by atoms with Crippen molar-refractivity contribution in [2.45, 2.75) is 20.3 Å². The van der Waals surface area contributed by atoms with E-state index in [0.29, 0.717) is 15.9 Å². The zero-order valence-electron chi connectivity index (χ0n) is 14.6. The fourth-order valence-corrected chi connectivity index (χ4v) is 3.43. The van der Waals surface area contributed by atoms with Crippen molar-refractivity contribution in [1.82, 2.24) is 4.98 Å². The summed E-state index contributed by atoms with van der Waals surface area (Å²) in [5.41, 5.74) is 3.05. The first kappa shape index (κ1) is 18.4. The summed E-state index contributed by atoms with van der Waals surface area (Å²) < 4.78 is 5.52. The molecule has 1 heterocycles. The van der Waals surface area contributed by atoms with E-state index < -0.39 is 0 Å². The van der Waals surface area contributed by atoms with Crippen molar-refractivity contribution in [2.75, 3.05) is 11.9 Å². The van der Waals surface area contributed by atoms with Crippen LogP contribution in [0.4, 0.5) is 5.13 Å². The lowest BCUT2D eigenvalue weighted by atomic mass is 10.1. The largest absolute Gasteiger partial charge is 0.484 e. The van der Waals surface area contributed by atoms with Crippen molar-refractivity contribution >= 4 is 34.0 Å². The second kappa shape index (κ2) is 8.34. The van der Waals surface area contributed by atoms with Gasteiger partial charge in [0.1, 0.15) is 5.75 Å². The van der Waals surface area contributed by atoms with Crippen LogP contribution in [-0.4, -0.2) is 17.5 Å². The monoisotopic (exact) mass is 386 g/mol. The number of nitrogens with one attached hydrogen (secondary N) is 1. The van der Waals surface area contributed by atoms with E-state index in [1.165, 1.54) is 16.9 Å². The lowest BCUT2D eigenvalue weighted by Gasteiger charge is -2.06. The van der Waals surface area contributed by atoms with Crippen molar-refractivity contribution < 1.29 is 9.53 Å². The number of aromatic nitrogens is 1. The molecule has 0 unspecified atom stereocenters. The number of benzene rings is 2. The molecule has 0 saturated heterocycles. The molecule has 6 heteroatoms. The van der Waals surface area contributed by atoms with Gasteiger partial charge in [0.2, 0.25) is 0 Å². The van der Waals surface area contributed by atoms with E-state index in [2.05, 4.69) is 17.2 Å². The van der Waals surface area contributed by atoms with Gasteiger partial charge in [-0.1, -0.05) is 42.8 Å². The number of rotatable bonds is 6. The first-order valence-electron chi connectivity index (χ1n) is 8.30. The lowest BCUT2D eigenvalue weighted by molar-refractivity contribution is -0.118. The fraction of sp³-hybridized carbons (Fsp3) is 0.200. The average Bonchev–Trinajstić information content (AvgIpc) is 3.01. The quantitative estimate of drug-likeness (QED) is 0.621. The second-order valence-electron chi connectivity index (χ2n) is 5.77. The van der Waals surface area contributed by atoms with Gasteiger partial charge in [0, 0.05) is 15.5 Å². The van der Waals surface area contributed by atoms with E-state index in [4.69, 9.17) is 16.3 Å². The molecule has 0 radical (unpaired) electrons. The molecule has 1 N–H and O–H groups in total. The SMILES string of the molecule is CCc1ccc(OCC(=O)Nc2nc(-c3ccc(Cl)cc3)c(C)s2)cc1. The maximum absolute atomic E-state index is 12.1. The number of anilines is 1. The molecular weight excluding hydrogens is 368 g/mol. The highest BCUT2D eigenvalue weighted by atomic mass is 35.5. The number of ether oxygens (including phenoxy) is 1. The number of halogens is 1. The number of amides is 1. The zero-order chi connectivity index (χ0) is 18.5. The van der Waals surface area contributed by atoms with Gasteiger partial charge in [-0.05, 0) is 43.2 Å². The first-order valence-corrected chi connectivity index (χ1v) is 9.49. The molecular formula is C20H19ClN2O2S. The summed E-state index contributed by atoms with van der Waals surface area (Å²) in [4.78, 5) is 17.7. The minimum absolute atomic E-state index is 0.0552. The number of hydrogen-bond acceptors (Lipinski definition) is 4. The van der Waals surface area contributed by atoms with Crippen molar-refractivity contribution in [3.8, 4) is 17.0 Å². The third-order valence-electron chi connectivity index (χ3n) is 3.86. The standard InChI is InChI=1S/C20H19ClN2O2S/c1-3-14-4-10-17(11-5-14)25-12-18(24)22-20-23-19(13(2)26-20)15-6-8-16(21)9-7-15/h4-11H,3,12H2,1-2H3,(H,22,23,24). The average molecular weight is 387 g/mol. The van der Waals surface area contributed by atoms with Crippen LogP contribution in [0.15, 0.2) is 48.5 Å². The van der Waals surface area contributed by atoms with Crippen LogP contribution in [0.2, 0.25) is 5.02 Å². The molecule has 0 aliphatic rings. The van der Waals surface area contributed by atoms with E-state index in [0.717, 1.165) is 22.6 Å². The van der Waals surface area contributed by atoms with Gasteiger partial charge >= 0.3 is 0 Å². The summed E-state index contributed by atoms with van der Waals surface area (Å²) >= 11 is 7.36. The van der Waals surface area contributed by atoms with Gasteiger partial charge < -0.3 is 4.74 Å². The molecule has 3 rings (SSSR count). The van der Waals surface area contributed by atoms with E-state index in [9.17, 15) is 4.79 Å². The summed E-state index contributed by atoms with van der Waals surface area (Å²) in [6, 6.07) is 15.2. The zero-order valence-corrected chi connectivity index (χ0v) is 16.2. The van der Waals surface area contributed by atoms with Crippen molar-refractivity contribution in [1.29, 1.82) is 0 Å². The molecule has 0 atom stereocenters.